The Kier molecular flexibility index (Phi) is 4.80. The van der Waals surface area contributed by atoms with Crippen LogP contribution in [0.5, 0.6) is 0 Å². The van der Waals surface area contributed by atoms with Gasteiger partial charge in [-0.3, -0.25) is 0 Å². The van der Waals surface area contributed by atoms with Crippen molar-refractivity contribution < 1.29 is 0 Å². The van der Waals surface area contributed by atoms with Crippen LogP contribution in [0.3, 0.4) is 0 Å². The van der Waals surface area contributed by atoms with Gasteiger partial charge in [-0.05, 0) is 40.0 Å². The Morgan fingerprint density at radius 2 is 2.00 bits per heavy atom. The largest absolute Gasteiger partial charge is 0.120 e. The van der Waals surface area contributed by atoms with Crippen LogP contribution in [0, 0.1) is 0 Å². The van der Waals surface area contributed by atoms with E-state index in [0.29, 0.717) is 0 Å². The zero-order valence-corrected chi connectivity index (χ0v) is 7.91. The molecule has 0 saturated carbocycles. The van der Waals surface area contributed by atoms with Crippen molar-refractivity contribution in [3.8, 4) is 0 Å². The van der Waals surface area contributed by atoms with E-state index in [-0.39, 0.29) is 4.87 Å². The summed E-state index contributed by atoms with van der Waals surface area (Å²) >= 11 is 5.99. The molecule has 0 bridgehead atoms. The van der Waals surface area contributed by atoms with E-state index in [9.17, 15) is 0 Å². The van der Waals surface area contributed by atoms with Crippen LogP contribution in [0.4, 0.5) is 0 Å². The van der Waals surface area contributed by atoms with E-state index >= 15 is 0 Å². The molecule has 1 heteroatoms. The fraction of sp³-hybridized carbons (Fsp3) is 0.778. The molecule has 0 N–H and O–H groups in total. The fourth-order valence-electron chi connectivity index (χ4n) is 0.807. The van der Waals surface area contributed by atoms with Gasteiger partial charge in [0.1, 0.15) is 0 Å². The summed E-state index contributed by atoms with van der Waals surface area (Å²) in [4.78, 5) is -0.0123. The molecule has 10 heavy (non-hydrogen) atoms. The molecule has 0 aliphatic rings. The van der Waals surface area contributed by atoms with Crippen LogP contribution in [0.2, 0.25) is 0 Å². The molecule has 0 unspecified atom stereocenters. The van der Waals surface area contributed by atoms with Gasteiger partial charge in [-0.15, -0.1) is 11.6 Å². The highest BCUT2D eigenvalue weighted by Crippen LogP contribution is 2.20. The van der Waals surface area contributed by atoms with Gasteiger partial charge < -0.3 is 0 Å². The first kappa shape index (κ1) is 10.0. The first-order valence-electron chi connectivity index (χ1n) is 3.86. The molecule has 0 nitrogen and oxygen atoms in total. The van der Waals surface area contributed by atoms with E-state index in [1.54, 1.807) is 0 Å². The molecule has 0 amide bonds. The first-order chi connectivity index (χ1) is 4.56. The van der Waals surface area contributed by atoms with E-state index in [1.807, 2.05) is 6.92 Å². The van der Waals surface area contributed by atoms with Crippen molar-refractivity contribution in [1.82, 2.24) is 0 Å². The molecule has 0 spiro atoms. The number of hydrogen-bond donors (Lipinski definition) is 0. The van der Waals surface area contributed by atoms with Crippen molar-refractivity contribution in [2.45, 2.75) is 44.9 Å². The van der Waals surface area contributed by atoms with Gasteiger partial charge in [-0.2, -0.15) is 0 Å². The van der Waals surface area contributed by atoms with E-state index in [4.69, 9.17) is 11.6 Å². The number of hydrogen-bond acceptors (Lipinski definition) is 0. The smallest absolute Gasteiger partial charge is 0.0390 e. The van der Waals surface area contributed by atoms with Crippen LogP contribution in [0.25, 0.3) is 0 Å². The molecule has 0 fully saturated rings. The van der Waals surface area contributed by atoms with Crippen molar-refractivity contribution in [3.05, 3.63) is 12.2 Å². The Bertz CT molecular complexity index is 97.8. The molecule has 0 heterocycles. The van der Waals surface area contributed by atoms with Gasteiger partial charge in [0, 0.05) is 4.87 Å². The molecule has 0 rings (SSSR count). The average Bonchev–Trinajstić information content (AvgIpc) is 1.78. The van der Waals surface area contributed by atoms with Gasteiger partial charge in [-0.1, -0.05) is 12.2 Å². The highest BCUT2D eigenvalue weighted by atomic mass is 35.5. The zero-order chi connectivity index (χ0) is 8.04. The lowest BCUT2D eigenvalue weighted by Gasteiger charge is -2.13. The lowest BCUT2D eigenvalue weighted by molar-refractivity contribution is 0.596. The van der Waals surface area contributed by atoms with Crippen LogP contribution < -0.4 is 0 Å². The lowest BCUT2D eigenvalue weighted by Crippen LogP contribution is -2.08. The monoisotopic (exact) mass is 160 g/mol. The molecule has 0 atom stereocenters. The fourth-order valence-corrected chi connectivity index (χ4v) is 0.941. The minimum absolute atomic E-state index is 0.0123. The van der Waals surface area contributed by atoms with Gasteiger partial charge in [0.05, 0.1) is 0 Å². The third kappa shape index (κ3) is 8.03. The molecule has 0 aromatic carbocycles. The van der Waals surface area contributed by atoms with E-state index < -0.39 is 0 Å². The number of rotatable bonds is 4. The summed E-state index contributed by atoms with van der Waals surface area (Å²) in [5.74, 6) is 0. The van der Waals surface area contributed by atoms with Crippen LogP contribution >= 0.6 is 11.6 Å². The Morgan fingerprint density at radius 3 is 2.40 bits per heavy atom. The van der Waals surface area contributed by atoms with Crippen molar-refractivity contribution in [3.63, 3.8) is 0 Å². The predicted octanol–water partition coefficient (Wildman–Crippen LogP) is 3.75. The molecule has 60 valence electrons. The summed E-state index contributed by atoms with van der Waals surface area (Å²) in [6, 6.07) is 0. The number of alkyl halides is 1. The summed E-state index contributed by atoms with van der Waals surface area (Å²) in [7, 11) is 0. The molecule has 0 saturated heterocycles. The van der Waals surface area contributed by atoms with Crippen LogP contribution in [-0.4, -0.2) is 4.87 Å². The van der Waals surface area contributed by atoms with Gasteiger partial charge in [0.15, 0.2) is 0 Å². The maximum atomic E-state index is 5.99. The average molecular weight is 161 g/mol. The third-order valence-corrected chi connectivity index (χ3v) is 1.57. The Labute approximate surface area is 69.3 Å². The topological polar surface area (TPSA) is 0 Å². The van der Waals surface area contributed by atoms with Crippen LogP contribution in [0.1, 0.15) is 40.0 Å². The van der Waals surface area contributed by atoms with Crippen molar-refractivity contribution >= 4 is 11.6 Å². The summed E-state index contributed by atoms with van der Waals surface area (Å²) in [6.45, 7) is 6.17. The number of allylic oxidation sites excluding steroid dienone is 2. The SMILES string of the molecule is C/C=C/CCCC(C)(C)Cl. The van der Waals surface area contributed by atoms with Gasteiger partial charge in [0.2, 0.25) is 0 Å². The maximum Gasteiger partial charge on any atom is 0.0390 e. The summed E-state index contributed by atoms with van der Waals surface area (Å²) < 4.78 is 0. The second-order valence-electron chi connectivity index (χ2n) is 3.18. The minimum Gasteiger partial charge on any atom is -0.120 e. The molecular weight excluding hydrogens is 144 g/mol. The van der Waals surface area contributed by atoms with Gasteiger partial charge in [0.25, 0.3) is 0 Å². The second kappa shape index (κ2) is 4.79. The van der Waals surface area contributed by atoms with E-state index in [0.717, 1.165) is 12.8 Å². The Balaban J connectivity index is 3.20. The summed E-state index contributed by atoms with van der Waals surface area (Å²) in [6.07, 6.45) is 7.72. The van der Waals surface area contributed by atoms with Gasteiger partial charge >= 0.3 is 0 Å². The Morgan fingerprint density at radius 1 is 1.40 bits per heavy atom. The normalized spacial score (nSPS) is 12.8. The summed E-state index contributed by atoms with van der Waals surface area (Å²) in [5, 5.41) is 0. The van der Waals surface area contributed by atoms with Crippen LogP contribution in [0.15, 0.2) is 12.2 Å². The third-order valence-electron chi connectivity index (χ3n) is 1.38. The van der Waals surface area contributed by atoms with Crippen molar-refractivity contribution in [1.29, 1.82) is 0 Å². The standard InChI is InChI=1S/C9H17Cl/c1-4-5-6-7-8-9(2,3)10/h4-5H,6-8H2,1-3H3/b5-4+. The van der Waals surface area contributed by atoms with Crippen molar-refractivity contribution in [2.75, 3.05) is 0 Å². The maximum absolute atomic E-state index is 5.99. The second-order valence-corrected chi connectivity index (χ2v) is 4.20. The number of halogens is 1. The highest BCUT2D eigenvalue weighted by molar-refractivity contribution is 6.23. The molecule has 0 radical (unpaired) electrons. The van der Waals surface area contributed by atoms with Gasteiger partial charge in [-0.25, -0.2) is 0 Å². The first-order valence-corrected chi connectivity index (χ1v) is 4.24. The van der Waals surface area contributed by atoms with Crippen LogP contribution in [-0.2, 0) is 0 Å². The highest BCUT2D eigenvalue weighted by Gasteiger charge is 2.10. The van der Waals surface area contributed by atoms with E-state index in [2.05, 4.69) is 26.0 Å². The number of unbranched alkanes of at least 4 members (excludes halogenated alkanes) is 1. The van der Waals surface area contributed by atoms with E-state index in [1.165, 1.54) is 6.42 Å². The Hall–Kier alpha value is 0.0300. The molecule has 0 aromatic heterocycles. The summed E-state index contributed by atoms with van der Waals surface area (Å²) in [5.41, 5.74) is 0. The molecular formula is C9H17Cl. The molecule has 0 aliphatic heterocycles. The van der Waals surface area contributed by atoms with Crippen molar-refractivity contribution in [2.24, 2.45) is 0 Å². The zero-order valence-electron chi connectivity index (χ0n) is 7.15. The lowest BCUT2D eigenvalue weighted by atomic mass is 10.1. The quantitative estimate of drug-likeness (QED) is 0.334. The minimum atomic E-state index is -0.0123. The molecule has 0 aromatic rings. The predicted molar refractivity (Wildman–Crippen MR) is 48.6 cm³/mol. The molecule has 0 aliphatic carbocycles.